The third-order valence-electron chi connectivity index (χ3n) is 2.22. The Morgan fingerprint density at radius 3 is 2.18 bits per heavy atom. The van der Waals surface area contributed by atoms with Crippen LogP contribution in [0.1, 0.15) is 5.56 Å². The molecule has 0 spiro atoms. The van der Waals surface area contributed by atoms with Crippen molar-refractivity contribution < 1.29 is 19.0 Å². The van der Waals surface area contributed by atoms with Crippen molar-refractivity contribution in [3.8, 4) is 5.75 Å². The number of hydrogen-bond acceptors (Lipinski definition) is 4. The lowest BCUT2D eigenvalue weighted by Gasteiger charge is -2.08. The van der Waals surface area contributed by atoms with E-state index in [1.807, 2.05) is 24.3 Å². The standard InChI is InChI=1S/C13H16O4/c1-15-11-7-4-10(5-8-11)6-9-12(14)13(16-2)17-3/h4-9,13H,1-3H3/b9-6+. The Kier molecular flexibility index (Phi) is 5.39. The van der Waals surface area contributed by atoms with Crippen molar-refractivity contribution in [2.45, 2.75) is 6.29 Å². The second-order valence-corrected chi connectivity index (χ2v) is 3.31. The van der Waals surface area contributed by atoms with Crippen LogP contribution in [0, 0.1) is 0 Å². The van der Waals surface area contributed by atoms with E-state index in [2.05, 4.69) is 0 Å². The van der Waals surface area contributed by atoms with Gasteiger partial charge < -0.3 is 14.2 Å². The van der Waals surface area contributed by atoms with Crippen LogP contribution in [0.15, 0.2) is 30.3 Å². The van der Waals surface area contributed by atoms with Crippen molar-refractivity contribution >= 4 is 11.9 Å². The minimum absolute atomic E-state index is 0.231. The van der Waals surface area contributed by atoms with Gasteiger partial charge in [0, 0.05) is 14.2 Å². The molecule has 0 N–H and O–H groups in total. The van der Waals surface area contributed by atoms with Gasteiger partial charge in [0.25, 0.3) is 0 Å². The first-order valence-electron chi connectivity index (χ1n) is 5.13. The Labute approximate surface area is 101 Å². The van der Waals surface area contributed by atoms with Crippen LogP contribution >= 0.6 is 0 Å². The highest BCUT2D eigenvalue weighted by Crippen LogP contribution is 2.12. The van der Waals surface area contributed by atoms with Gasteiger partial charge in [-0.3, -0.25) is 4.79 Å². The number of methoxy groups -OCH3 is 3. The van der Waals surface area contributed by atoms with Gasteiger partial charge in [0.1, 0.15) is 5.75 Å². The van der Waals surface area contributed by atoms with Gasteiger partial charge in [0.2, 0.25) is 12.1 Å². The summed E-state index contributed by atoms with van der Waals surface area (Å²) < 4.78 is 14.7. The number of carbonyl (C=O) groups excluding carboxylic acids is 1. The predicted molar refractivity (Wildman–Crippen MR) is 64.8 cm³/mol. The van der Waals surface area contributed by atoms with E-state index in [0.717, 1.165) is 11.3 Å². The molecule has 0 atom stereocenters. The van der Waals surface area contributed by atoms with Gasteiger partial charge in [-0.25, -0.2) is 0 Å². The largest absolute Gasteiger partial charge is 0.497 e. The van der Waals surface area contributed by atoms with Crippen LogP contribution in [0.3, 0.4) is 0 Å². The normalized spacial score (nSPS) is 11.1. The second kappa shape index (κ2) is 6.83. The Morgan fingerprint density at radius 2 is 1.71 bits per heavy atom. The van der Waals surface area contributed by atoms with Crippen molar-refractivity contribution in [3.63, 3.8) is 0 Å². The molecule has 0 unspecified atom stereocenters. The van der Waals surface area contributed by atoms with Crippen LogP contribution in [0.25, 0.3) is 6.08 Å². The van der Waals surface area contributed by atoms with Crippen molar-refractivity contribution in [1.29, 1.82) is 0 Å². The summed E-state index contributed by atoms with van der Waals surface area (Å²) in [6, 6.07) is 7.37. The number of ketones is 1. The molecule has 0 amide bonds. The Balaban J connectivity index is 2.66. The lowest BCUT2D eigenvalue weighted by molar-refractivity contribution is -0.151. The number of hydrogen-bond donors (Lipinski definition) is 0. The van der Waals surface area contributed by atoms with Crippen LogP contribution in [0.2, 0.25) is 0 Å². The molecule has 0 saturated carbocycles. The number of carbonyl (C=O) groups is 1. The predicted octanol–water partition coefficient (Wildman–Crippen LogP) is 1.90. The van der Waals surface area contributed by atoms with Gasteiger partial charge in [-0.1, -0.05) is 18.2 Å². The van der Waals surface area contributed by atoms with E-state index >= 15 is 0 Å². The van der Waals surface area contributed by atoms with E-state index < -0.39 is 6.29 Å². The molecule has 1 aromatic rings. The summed E-state index contributed by atoms with van der Waals surface area (Å²) in [5.41, 5.74) is 0.908. The van der Waals surface area contributed by atoms with E-state index in [1.54, 1.807) is 13.2 Å². The van der Waals surface area contributed by atoms with Crippen molar-refractivity contribution in [3.05, 3.63) is 35.9 Å². The second-order valence-electron chi connectivity index (χ2n) is 3.31. The zero-order valence-electron chi connectivity index (χ0n) is 10.2. The molecule has 4 nitrogen and oxygen atoms in total. The maximum Gasteiger partial charge on any atom is 0.221 e. The lowest BCUT2D eigenvalue weighted by atomic mass is 10.2. The zero-order chi connectivity index (χ0) is 12.7. The molecular weight excluding hydrogens is 220 g/mol. The molecule has 0 saturated heterocycles. The van der Waals surface area contributed by atoms with Gasteiger partial charge in [-0.15, -0.1) is 0 Å². The minimum atomic E-state index is -0.843. The SMILES string of the molecule is COc1ccc(/C=C/C(=O)C(OC)OC)cc1. The fraction of sp³-hybridized carbons (Fsp3) is 0.308. The quantitative estimate of drug-likeness (QED) is 0.559. The molecule has 1 rings (SSSR count). The van der Waals surface area contributed by atoms with E-state index in [9.17, 15) is 4.79 Å². The maximum atomic E-state index is 11.5. The van der Waals surface area contributed by atoms with Gasteiger partial charge in [-0.05, 0) is 23.8 Å². The summed E-state index contributed by atoms with van der Waals surface area (Å²) in [5.74, 6) is 0.547. The molecule has 17 heavy (non-hydrogen) atoms. The fourth-order valence-electron chi connectivity index (χ4n) is 1.30. The van der Waals surface area contributed by atoms with Crippen LogP contribution in [0.5, 0.6) is 5.75 Å². The molecule has 0 fully saturated rings. The Hall–Kier alpha value is -1.65. The van der Waals surface area contributed by atoms with Crippen LogP contribution in [0.4, 0.5) is 0 Å². The summed E-state index contributed by atoms with van der Waals surface area (Å²) in [6.07, 6.45) is 2.29. The zero-order valence-corrected chi connectivity index (χ0v) is 10.2. The van der Waals surface area contributed by atoms with Crippen LogP contribution in [-0.2, 0) is 14.3 Å². The van der Waals surface area contributed by atoms with E-state index in [-0.39, 0.29) is 5.78 Å². The van der Waals surface area contributed by atoms with Gasteiger partial charge in [-0.2, -0.15) is 0 Å². The highest BCUT2D eigenvalue weighted by atomic mass is 16.7. The summed E-state index contributed by atoms with van der Waals surface area (Å²) in [5, 5.41) is 0. The topological polar surface area (TPSA) is 44.8 Å². The fourth-order valence-corrected chi connectivity index (χ4v) is 1.30. The number of benzene rings is 1. The number of rotatable bonds is 6. The van der Waals surface area contributed by atoms with Crippen molar-refractivity contribution in [1.82, 2.24) is 0 Å². The molecule has 0 bridgehead atoms. The molecule has 0 radical (unpaired) electrons. The third-order valence-corrected chi connectivity index (χ3v) is 2.22. The molecule has 4 heteroatoms. The monoisotopic (exact) mass is 236 g/mol. The number of ether oxygens (including phenoxy) is 3. The molecule has 1 aromatic carbocycles. The molecule has 0 heterocycles. The summed E-state index contributed by atoms with van der Waals surface area (Å²) in [7, 11) is 4.46. The minimum Gasteiger partial charge on any atom is -0.497 e. The highest BCUT2D eigenvalue weighted by molar-refractivity contribution is 5.96. The van der Waals surface area contributed by atoms with Gasteiger partial charge in [0.15, 0.2) is 0 Å². The third kappa shape index (κ3) is 4.01. The Morgan fingerprint density at radius 1 is 1.12 bits per heavy atom. The van der Waals surface area contributed by atoms with Crippen molar-refractivity contribution in [2.24, 2.45) is 0 Å². The Bertz CT molecular complexity index is 377. The summed E-state index contributed by atoms with van der Waals surface area (Å²) >= 11 is 0. The molecular formula is C13H16O4. The van der Waals surface area contributed by atoms with E-state index in [1.165, 1.54) is 20.3 Å². The average molecular weight is 236 g/mol. The van der Waals surface area contributed by atoms with Crippen LogP contribution in [-0.4, -0.2) is 33.4 Å². The molecule has 0 aliphatic heterocycles. The lowest BCUT2D eigenvalue weighted by Crippen LogP contribution is -2.22. The first-order chi connectivity index (χ1) is 8.21. The van der Waals surface area contributed by atoms with Gasteiger partial charge in [0.05, 0.1) is 7.11 Å². The van der Waals surface area contributed by atoms with Crippen LogP contribution < -0.4 is 4.74 Å². The average Bonchev–Trinajstić information content (AvgIpc) is 2.38. The first kappa shape index (κ1) is 13.4. The van der Waals surface area contributed by atoms with Gasteiger partial charge >= 0.3 is 0 Å². The smallest absolute Gasteiger partial charge is 0.221 e. The summed E-state index contributed by atoms with van der Waals surface area (Å²) in [4.78, 5) is 11.5. The summed E-state index contributed by atoms with van der Waals surface area (Å²) in [6.45, 7) is 0. The first-order valence-corrected chi connectivity index (χ1v) is 5.13. The van der Waals surface area contributed by atoms with E-state index in [0.29, 0.717) is 0 Å². The highest BCUT2D eigenvalue weighted by Gasteiger charge is 2.12. The molecule has 92 valence electrons. The molecule has 0 aromatic heterocycles. The molecule has 0 aliphatic rings. The van der Waals surface area contributed by atoms with Crippen molar-refractivity contribution in [2.75, 3.05) is 21.3 Å². The van der Waals surface area contributed by atoms with E-state index in [4.69, 9.17) is 14.2 Å². The maximum absolute atomic E-state index is 11.5. The molecule has 0 aliphatic carbocycles.